The van der Waals surface area contributed by atoms with Crippen LogP contribution in [0.4, 0.5) is 0 Å². The first kappa shape index (κ1) is 17.7. The second-order valence-electron chi connectivity index (χ2n) is 8.02. The number of rotatable bonds is 5. The predicted octanol–water partition coefficient (Wildman–Crippen LogP) is 1.87. The van der Waals surface area contributed by atoms with Crippen molar-refractivity contribution in [1.29, 1.82) is 0 Å². The van der Waals surface area contributed by atoms with Gasteiger partial charge in [-0.25, -0.2) is 0 Å². The van der Waals surface area contributed by atoms with E-state index in [1.165, 1.54) is 90.9 Å². The molecule has 2 unspecified atom stereocenters. The molecule has 3 rings (SSSR count). The van der Waals surface area contributed by atoms with Gasteiger partial charge in [-0.2, -0.15) is 0 Å². The van der Waals surface area contributed by atoms with E-state index in [0.29, 0.717) is 0 Å². The van der Waals surface area contributed by atoms with Crippen LogP contribution in [0.2, 0.25) is 0 Å². The highest BCUT2D eigenvalue weighted by Crippen LogP contribution is 2.26. The van der Waals surface area contributed by atoms with Gasteiger partial charge >= 0.3 is 0 Å². The Balaban J connectivity index is 1.53. The molecule has 0 aromatic heterocycles. The average Bonchev–Trinajstić information content (AvgIpc) is 2.63. The molecule has 0 bridgehead atoms. The third-order valence-corrected chi connectivity index (χ3v) is 6.63. The van der Waals surface area contributed by atoms with Gasteiger partial charge in [0.1, 0.15) is 0 Å². The lowest BCUT2D eigenvalue weighted by Crippen LogP contribution is -2.59. The van der Waals surface area contributed by atoms with E-state index in [9.17, 15) is 0 Å². The van der Waals surface area contributed by atoms with E-state index in [-0.39, 0.29) is 0 Å². The summed E-state index contributed by atoms with van der Waals surface area (Å²) in [7, 11) is 2.39. The average molecular weight is 323 g/mol. The van der Waals surface area contributed by atoms with Gasteiger partial charge in [-0.3, -0.25) is 4.90 Å². The molecule has 2 saturated heterocycles. The van der Waals surface area contributed by atoms with Crippen LogP contribution >= 0.6 is 0 Å². The van der Waals surface area contributed by atoms with Gasteiger partial charge in [0.15, 0.2) is 0 Å². The Kier molecular flexibility index (Phi) is 6.75. The Morgan fingerprint density at radius 2 is 1.74 bits per heavy atom. The van der Waals surface area contributed by atoms with Crippen LogP contribution in [0.1, 0.15) is 45.4 Å². The van der Waals surface area contributed by atoms with Crippen LogP contribution in [0.3, 0.4) is 0 Å². The molecule has 4 heteroatoms. The van der Waals surface area contributed by atoms with Crippen molar-refractivity contribution in [2.45, 2.75) is 57.5 Å². The van der Waals surface area contributed by atoms with Crippen molar-refractivity contribution in [2.75, 3.05) is 59.4 Å². The number of likely N-dealkylation sites (N-methyl/N-ethyl adjacent to an activating group) is 1. The van der Waals surface area contributed by atoms with Crippen LogP contribution in [0.5, 0.6) is 0 Å². The summed E-state index contributed by atoms with van der Waals surface area (Å²) in [6.45, 7) is 12.3. The molecule has 0 spiro atoms. The molecule has 3 aliphatic rings. The molecule has 3 fully saturated rings. The van der Waals surface area contributed by atoms with Crippen LogP contribution in [-0.2, 0) is 0 Å². The molecule has 4 nitrogen and oxygen atoms in total. The number of piperazine rings is 1. The smallest absolute Gasteiger partial charge is 0.0262 e. The van der Waals surface area contributed by atoms with Crippen LogP contribution in [-0.4, -0.2) is 86.2 Å². The van der Waals surface area contributed by atoms with Crippen LogP contribution in [0.15, 0.2) is 0 Å². The normalized spacial score (nSPS) is 32.5. The summed E-state index contributed by atoms with van der Waals surface area (Å²) in [6, 6.07) is 1.62. The van der Waals surface area contributed by atoms with Crippen molar-refractivity contribution in [2.24, 2.45) is 5.92 Å². The Morgan fingerprint density at radius 1 is 1.00 bits per heavy atom. The standard InChI is InChI=1S/C19H38N4/c1-3-22-11-13-23(14-12-22)19-15-20-10-9-17(19)16-21(2)18-7-5-4-6-8-18/h17-20H,3-16H2,1-2H3. The molecule has 0 aromatic carbocycles. The Bertz CT molecular complexity index is 334. The quantitative estimate of drug-likeness (QED) is 0.834. The molecular weight excluding hydrogens is 284 g/mol. The first-order valence-corrected chi connectivity index (χ1v) is 10.1. The van der Waals surface area contributed by atoms with Gasteiger partial charge in [0.25, 0.3) is 0 Å². The molecule has 23 heavy (non-hydrogen) atoms. The van der Waals surface area contributed by atoms with Gasteiger partial charge in [0.05, 0.1) is 0 Å². The van der Waals surface area contributed by atoms with Crippen LogP contribution in [0.25, 0.3) is 0 Å². The maximum absolute atomic E-state index is 3.67. The molecule has 0 radical (unpaired) electrons. The SMILES string of the molecule is CCN1CCN(C2CNCCC2CN(C)C2CCCCC2)CC1. The summed E-state index contributed by atoms with van der Waals surface area (Å²) >= 11 is 0. The topological polar surface area (TPSA) is 21.8 Å². The van der Waals surface area contributed by atoms with Gasteiger partial charge in [-0.1, -0.05) is 26.2 Å². The predicted molar refractivity (Wildman–Crippen MR) is 98.0 cm³/mol. The van der Waals surface area contributed by atoms with Crippen LogP contribution in [0, 0.1) is 5.92 Å². The van der Waals surface area contributed by atoms with E-state index < -0.39 is 0 Å². The number of hydrogen-bond acceptors (Lipinski definition) is 4. The third-order valence-electron chi connectivity index (χ3n) is 6.63. The Hall–Kier alpha value is -0.160. The van der Waals surface area contributed by atoms with Gasteiger partial charge in [-0.05, 0) is 45.3 Å². The summed E-state index contributed by atoms with van der Waals surface area (Å²) in [5.41, 5.74) is 0. The molecule has 0 aromatic rings. The largest absolute Gasteiger partial charge is 0.315 e. The minimum atomic E-state index is 0.758. The lowest BCUT2D eigenvalue weighted by Gasteiger charge is -2.46. The highest BCUT2D eigenvalue weighted by molar-refractivity contribution is 4.90. The first-order chi connectivity index (χ1) is 11.3. The second-order valence-corrected chi connectivity index (χ2v) is 8.02. The summed E-state index contributed by atoms with van der Waals surface area (Å²) in [6.07, 6.45) is 8.58. The lowest BCUT2D eigenvalue weighted by atomic mass is 9.88. The zero-order valence-electron chi connectivity index (χ0n) is 15.5. The van der Waals surface area contributed by atoms with E-state index in [4.69, 9.17) is 0 Å². The summed E-state index contributed by atoms with van der Waals surface area (Å²) < 4.78 is 0. The molecule has 2 atom stereocenters. The minimum absolute atomic E-state index is 0.758. The highest BCUT2D eigenvalue weighted by Gasteiger charge is 2.33. The summed E-state index contributed by atoms with van der Waals surface area (Å²) in [4.78, 5) is 8.10. The van der Waals surface area contributed by atoms with Crippen molar-refractivity contribution in [1.82, 2.24) is 20.0 Å². The molecule has 134 valence electrons. The number of piperidine rings is 1. The fourth-order valence-electron chi connectivity index (χ4n) is 4.99. The van der Waals surface area contributed by atoms with E-state index >= 15 is 0 Å². The molecular formula is C19H38N4. The molecule has 1 saturated carbocycles. The van der Waals surface area contributed by atoms with Gasteiger partial charge in [-0.15, -0.1) is 0 Å². The molecule has 2 aliphatic heterocycles. The Labute approximate surface area is 143 Å². The second kappa shape index (κ2) is 8.80. The first-order valence-electron chi connectivity index (χ1n) is 10.1. The monoisotopic (exact) mass is 322 g/mol. The van der Waals surface area contributed by atoms with Crippen LogP contribution < -0.4 is 5.32 Å². The van der Waals surface area contributed by atoms with E-state index in [2.05, 4.69) is 34.0 Å². The third kappa shape index (κ3) is 4.68. The zero-order valence-corrected chi connectivity index (χ0v) is 15.5. The van der Waals surface area contributed by atoms with E-state index in [1.54, 1.807) is 0 Å². The summed E-state index contributed by atoms with van der Waals surface area (Å²) in [5, 5.41) is 3.67. The van der Waals surface area contributed by atoms with Crippen molar-refractivity contribution in [3.63, 3.8) is 0 Å². The van der Waals surface area contributed by atoms with Crippen molar-refractivity contribution >= 4 is 0 Å². The van der Waals surface area contributed by atoms with Gasteiger partial charge in [0, 0.05) is 51.4 Å². The summed E-state index contributed by atoms with van der Waals surface area (Å²) in [5.74, 6) is 0.858. The maximum atomic E-state index is 3.67. The molecule has 1 N–H and O–H groups in total. The van der Waals surface area contributed by atoms with E-state index in [1.807, 2.05) is 0 Å². The van der Waals surface area contributed by atoms with Crippen molar-refractivity contribution in [3.8, 4) is 0 Å². The fourth-order valence-corrected chi connectivity index (χ4v) is 4.99. The zero-order chi connectivity index (χ0) is 16.1. The van der Waals surface area contributed by atoms with Gasteiger partial charge in [0.2, 0.25) is 0 Å². The van der Waals surface area contributed by atoms with Gasteiger partial charge < -0.3 is 15.1 Å². The van der Waals surface area contributed by atoms with Crippen molar-refractivity contribution < 1.29 is 0 Å². The number of hydrogen-bond donors (Lipinski definition) is 1. The molecule has 2 heterocycles. The van der Waals surface area contributed by atoms with Crippen molar-refractivity contribution in [3.05, 3.63) is 0 Å². The Morgan fingerprint density at radius 3 is 2.43 bits per heavy atom. The van der Waals surface area contributed by atoms with E-state index in [0.717, 1.165) is 18.0 Å². The number of nitrogens with one attached hydrogen (secondary N) is 1. The highest BCUT2D eigenvalue weighted by atomic mass is 15.3. The fraction of sp³-hybridized carbons (Fsp3) is 1.00. The lowest BCUT2D eigenvalue weighted by molar-refractivity contribution is 0.0398. The molecule has 1 aliphatic carbocycles. The molecule has 0 amide bonds. The number of nitrogens with zero attached hydrogens (tertiary/aromatic N) is 3. The maximum Gasteiger partial charge on any atom is 0.0262 e. The minimum Gasteiger partial charge on any atom is -0.315 e.